The molecule has 6 heteroatoms. The van der Waals surface area contributed by atoms with Crippen LogP contribution in [-0.2, 0) is 11.3 Å². The molecule has 0 aliphatic heterocycles. The van der Waals surface area contributed by atoms with Gasteiger partial charge in [-0.2, -0.15) is 0 Å². The van der Waals surface area contributed by atoms with Crippen molar-refractivity contribution in [2.24, 2.45) is 0 Å². The maximum absolute atomic E-state index is 14.3. The van der Waals surface area contributed by atoms with Gasteiger partial charge in [0.1, 0.15) is 23.1 Å². The Hall–Kier alpha value is -3.15. The van der Waals surface area contributed by atoms with Crippen molar-refractivity contribution in [1.82, 2.24) is 0 Å². The zero-order chi connectivity index (χ0) is 19.4. The average molecular weight is 371 g/mol. The fourth-order valence-electron chi connectivity index (χ4n) is 2.63. The molecule has 1 heterocycles. The fraction of sp³-hybridized carbons (Fsp3) is 0.190. The van der Waals surface area contributed by atoms with E-state index in [9.17, 15) is 13.6 Å². The Labute approximate surface area is 156 Å². The van der Waals surface area contributed by atoms with E-state index in [0.717, 1.165) is 17.7 Å². The Morgan fingerprint density at radius 1 is 1.15 bits per heavy atom. The van der Waals surface area contributed by atoms with Gasteiger partial charge >= 0.3 is 0 Å². The second-order valence-corrected chi connectivity index (χ2v) is 6.17. The number of ether oxygens (including phenoxy) is 1. The molecule has 0 aliphatic carbocycles. The number of hydrogen-bond acceptors (Lipinski definition) is 3. The van der Waals surface area contributed by atoms with E-state index in [1.54, 1.807) is 31.2 Å². The van der Waals surface area contributed by atoms with Crippen molar-refractivity contribution in [2.45, 2.75) is 26.5 Å². The summed E-state index contributed by atoms with van der Waals surface area (Å²) in [5, 5.41) is 0. The van der Waals surface area contributed by atoms with Crippen LogP contribution in [-0.4, -0.2) is 12.0 Å². The summed E-state index contributed by atoms with van der Waals surface area (Å²) in [7, 11) is 0. The van der Waals surface area contributed by atoms with E-state index in [1.165, 1.54) is 17.2 Å². The van der Waals surface area contributed by atoms with Gasteiger partial charge in [-0.1, -0.05) is 17.7 Å². The Morgan fingerprint density at radius 2 is 1.89 bits per heavy atom. The number of hydrogen-bond donors (Lipinski definition) is 0. The van der Waals surface area contributed by atoms with E-state index in [0.29, 0.717) is 11.5 Å². The highest BCUT2D eigenvalue weighted by Gasteiger charge is 2.27. The van der Waals surface area contributed by atoms with E-state index in [2.05, 4.69) is 0 Å². The monoisotopic (exact) mass is 371 g/mol. The molecule has 1 atom stereocenters. The highest BCUT2D eigenvalue weighted by molar-refractivity contribution is 5.96. The lowest BCUT2D eigenvalue weighted by molar-refractivity contribution is -0.124. The predicted octanol–water partition coefficient (Wildman–Crippen LogP) is 4.87. The number of nitrogens with zero attached hydrogens (tertiary/aromatic N) is 1. The van der Waals surface area contributed by atoms with Gasteiger partial charge in [0.15, 0.2) is 6.10 Å². The molecule has 1 unspecified atom stereocenters. The lowest BCUT2D eigenvalue weighted by Crippen LogP contribution is -2.40. The Kier molecular flexibility index (Phi) is 5.54. The number of amides is 1. The second kappa shape index (κ2) is 8.03. The van der Waals surface area contributed by atoms with Crippen molar-refractivity contribution < 1.29 is 22.7 Å². The first-order chi connectivity index (χ1) is 12.9. The van der Waals surface area contributed by atoms with Crippen LogP contribution in [0.3, 0.4) is 0 Å². The maximum Gasteiger partial charge on any atom is 0.268 e. The minimum absolute atomic E-state index is 0.00398. The van der Waals surface area contributed by atoms with Crippen molar-refractivity contribution in [3.05, 3.63) is 83.8 Å². The Bertz CT molecular complexity index is 908. The Morgan fingerprint density at radius 3 is 2.52 bits per heavy atom. The molecule has 3 aromatic rings. The van der Waals surface area contributed by atoms with Gasteiger partial charge in [-0.3, -0.25) is 9.69 Å². The highest BCUT2D eigenvalue weighted by Crippen LogP contribution is 2.24. The van der Waals surface area contributed by atoms with Gasteiger partial charge in [-0.15, -0.1) is 0 Å². The van der Waals surface area contributed by atoms with Crippen LogP contribution in [0.4, 0.5) is 14.5 Å². The summed E-state index contributed by atoms with van der Waals surface area (Å²) < 4.78 is 38.6. The van der Waals surface area contributed by atoms with Crippen LogP contribution in [0.1, 0.15) is 18.2 Å². The van der Waals surface area contributed by atoms with Crippen LogP contribution in [0.2, 0.25) is 0 Å². The fourth-order valence-corrected chi connectivity index (χ4v) is 2.63. The normalized spacial score (nSPS) is 11.9. The zero-order valence-electron chi connectivity index (χ0n) is 15.0. The maximum atomic E-state index is 14.3. The largest absolute Gasteiger partial charge is 0.481 e. The van der Waals surface area contributed by atoms with Crippen molar-refractivity contribution in [3.63, 3.8) is 0 Å². The van der Waals surface area contributed by atoms with E-state index >= 15 is 0 Å². The number of carbonyl (C=O) groups excluding carboxylic acids is 1. The molecule has 140 valence electrons. The smallest absolute Gasteiger partial charge is 0.268 e. The van der Waals surface area contributed by atoms with E-state index in [4.69, 9.17) is 9.15 Å². The second-order valence-electron chi connectivity index (χ2n) is 6.17. The molecule has 0 spiro atoms. The minimum Gasteiger partial charge on any atom is -0.481 e. The van der Waals surface area contributed by atoms with Gasteiger partial charge in [-0.05, 0) is 50.2 Å². The van der Waals surface area contributed by atoms with Crippen molar-refractivity contribution in [1.29, 1.82) is 0 Å². The molecule has 1 amide bonds. The molecule has 4 nitrogen and oxygen atoms in total. The molecule has 0 bridgehead atoms. The molecule has 2 aromatic carbocycles. The molecule has 0 saturated heterocycles. The van der Waals surface area contributed by atoms with Crippen LogP contribution in [0, 0.1) is 18.6 Å². The SMILES string of the molecule is Cc1ccc(OC(C)C(=O)N(Cc2ccco2)c2ccc(F)cc2F)cc1. The summed E-state index contributed by atoms with van der Waals surface area (Å²) in [6, 6.07) is 13.7. The standard InChI is InChI=1S/C21H19F2NO3/c1-14-5-8-17(9-6-14)27-15(2)21(25)24(13-18-4-3-11-26-18)20-10-7-16(22)12-19(20)23/h3-12,15H,13H2,1-2H3. The number of carbonyl (C=O) groups is 1. The first-order valence-corrected chi connectivity index (χ1v) is 8.46. The van der Waals surface area contributed by atoms with Crippen molar-refractivity contribution in [2.75, 3.05) is 4.90 Å². The van der Waals surface area contributed by atoms with Crippen LogP contribution >= 0.6 is 0 Å². The third-order valence-electron chi connectivity index (χ3n) is 4.04. The predicted molar refractivity (Wildman–Crippen MR) is 97.5 cm³/mol. The quantitative estimate of drug-likeness (QED) is 0.621. The number of anilines is 1. The van der Waals surface area contributed by atoms with Crippen LogP contribution in [0.15, 0.2) is 65.3 Å². The summed E-state index contributed by atoms with van der Waals surface area (Å²) in [4.78, 5) is 14.2. The molecule has 0 fully saturated rings. The molecule has 3 rings (SSSR count). The summed E-state index contributed by atoms with van der Waals surface area (Å²) in [5.41, 5.74) is 1.02. The minimum atomic E-state index is -0.882. The van der Waals surface area contributed by atoms with Crippen LogP contribution < -0.4 is 9.64 Å². The number of furan rings is 1. The third kappa shape index (κ3) is 4.53. The number of rotatable bonds is 6. The number of halogens is 2. The summed E-state index contributed by atoms with van der Waals surface area (Å²) >= 11 is 0. The molecule has 0 N–H and O–H groups in total. The van der Waals surface area contributed by atoms with Gasteiger partial charge in [-0.25, -0.2) is 8.78 Å². The average Bonchev–Trinajstić information content (AvgIpc) is 3.15. The molecular weight excluding hydrogens is 352 g/mol. The molecule has 27 heavy (non-hydrogen) atoms. The lowest BCUT2D eigenvalue weighted by Gasteiger charge is -2.26. The van der Waals surface area contributed by atoms with Gasteiger partial charge in [0.2, 0.25) is 0 Å². The number of aryl methyl sites for hydroxylation is 1. The molecule has 0 radical (unpaired) electrons. The van der Waals surface area contributed by atoms with Gasteiger partial charge in [0, 0.05) is 6.07 Å². The van der Waals surface area contributed by atoms with Crippen molar-refractivity contribution >= 4 is 11.6 Å². The van der Waals surface area contributed by atoms with Gasteiger partial charge in [0.25, 0.3) is 5.91 Å². The van der Waals surface area contributed by atoms with E-state index in [1.807, 2.05) is 19.1 Å². The number of benzene rings is 2. The lowest BCUT2D eigenvalue weighted by atomic mass is 10.2. The highest BCUT2D eigenvalue weighted by atomic mass is 19.1. The third-order valence-corrected chi connectivity index (χ3v) is 4.04. The van der Waals surface area contributed by atoms with E-state index < -0.39 is 23.6 Å². The van der Waals surface area contributed by atoms with Crippen LogP contribution in [0.25, 0.3) is 0 Å². The summed E-state index contributed by atoms with van der Waals surface area (Å²) in [6.45, 7) is 3.52. The first-order valence-electron chi connectivity index (χ1n) is 8.46. The zero-order valence-corrected chi connectivity index (χ0v) is 15.0. The Balaban J connectivity index is 1.86. The molecule has 0 aliphatic rings. The molecule has 1 aromatic heterocycles. The van der Waals surface area contributed by atoms with Crippen LogP contribution in [0.5, 0.6) is 5.75 Å². The molecule has 0 saturated carbocycles. The van der Waals surface area contributed by atoms with Crippen molar-refractivity contribution in [3.8, 4) is 5.75 Å². The summed E-state index contributed by atoms with van der Waals surface area (Å²) in [6.07, 6.45) is 0.581. The first kappa shape index (κ1) is 18.6. The molecular formula is C21H19F2NO3. The van der Waals surface area contributed by atoms with Gasteiger partial charge < -0.3 is 9.15 Å². The van der Waals surface area contributed by atoms with Gasteiger partial charge in [0.05, 0.1) is 18.5 Å². The summed E-state index contributed by atoms with van der Waals surface area (Å²) in [5.74, 6) is -1.03. The van der Waals surface area contributed by atoms with E-state index in [-0.39, 0.29) is 12.2 Å². The topological polar surface area (TPSA) is 42.7 Å².